The molecule has 1 aromatic heterocycles. The lowest BCUT2D eigenvalue weighted by Gasteiger charge is -2.02. The standard InChI is InChI=1S/C11H10ClNS/c1-7-3-4-8(2)9(5-7)11-13-10(12)6-14-11/h3-6H,1-2H3. The Hall–Kier alpha value is -0.860. The Balaban J connectivity index is 2.55. The van der Waals surface area contributed by atoms with E-state index >= 15 is 0 Å². The van der Waals surface area contributed by atoms with Gasteiger partial charge in [0.25, 0.3) is 0 Å². The summed E-state index contributed by atoms with van der Waals surface area (Å²) in [7, 11) is 0. The third-order valence-electron chi connectivity index (χ3n) is 2.10. The van der Waals surface area contributed by atoms with Crippen LogP contribution in [0.4, 0.5) is 0 Å². The first-order valence-corrected chi connectivity index (χ1v) is 5.61. The van der Waals surface area contributed by atoms with E-state index in [0.717, 1.165) is 5.01 Å². The van der Waals surface area contributed by atoms with Crippen LogP contribution in [0.3, 0.4) is 0 Å². The SMILES string of the molecule is Cc1ccc(C)c(-c2nc(Cl)cs2)c1. The van der Waals surface area contributed by atoms with Crippen molar-refractivity contribution in [2.75, 3.05) is 0 Å². The van der Waals surface area contributed by atoms with Gasteiger partial charge in [0, 0.05) is 10.9 Å². The second-order valence-electron chi connectivity index (χ2n) is 3.29. The molecule has 0 radical (unpaired) electrons. The van der Waals surface area contributed by atoms with Crippen molar-refractivity contribution in [1.82, 2.24) is 4.98 Å². The molecule has 0 bridgehead atoms. The summed E-state index contributed by atoms with van der Waals surface area (Å²) in [5, 5.41) is 3.43. The van der Waals surface area contributed by atoms with Gasteiger partial charge in [-0.3, -0.25) is 0 Å². The lowest BCUT2D eigenvalue weighted by atomic mass is 10.1. The summed E-state index contributed by atoms with van der Waals surface area (Å²) in [6.45, 7) is 4.17. The smallest absolute Gasteiger partial charge is 0.140 e. The molecule has 0 saturated carbocycles. The van der Waals surface area contributed by atoms with Crippen LogP contribution in [-0.2, 0) is 0 Å². The molecule has 3 heteroatoms. The van der Waals surface area contributed by atoms with Crippen LogP contribution in [0.2, 0.25) is 5.15 Å². The fourth-order valence-electron chi connectivity index (χ4n) is 1.34. The average molecular weight is 224 g/mol. The number of nitrogens with zero attached hydrogens (tertiary/aromatic N) is 1. The van der Waals surface area contributed by atoms with Gasteiger partial charge in [0.15, 0.2) is 0 Å². The zero-order valence-electron chi connectivity index (χ0n) is 8.04. The molecule has 0 spiro atoms. The van der Waals surface area contributed by atoms with Gasteiger partial charge in [0.1, 0.15) is 10.2 Å². The zero-order chi connectivity index (χ0) is 10.1. The molecule has 0 amide bonds. The Bertz CT molecular complexity index is 462. The highest BCUT2D eigenvalue weighted by Crippen LogP contribution is 2.28. The summed E-state index contributed by atoms with van der Waals surface area (Å²) < 4.78 is 0. The van der Waals surface area contributed by atoms with Crippen molar-refractivity contribution in [3.05, 3.63) is 39.9 Å². The van der Waals surface area contributed by atoms with Crippen LogP contribution in [-0.4, -0.2) is 4.98 Å². The molecule has 0 aliphatic carbocycles. The van der Waals surface area contributed by atoms with Crippen molar-refractivity contribution in [2.24, 2.45) is 0 Å². The number of aromatic nitrogens is 1. The second-order valence-corrected chi connectivity index (χ2v) is 4.54. The maximum Gasteiger partial charge on any atom is 0.140 e. The van der Waals surface area contributed by atoms with E-state index < -0.39 is 0 Å². The first-order valence-electron chi connectivity index (χ1n) is 4.35. The van der Waals surface area contributed by atoms with E-state index in [1.54, 1.807) is 11.3 Å². The molecule has 1 aromatic carbocycles. The van der Waals surface area contributed by atoms with Crippen molar-refractivity contribution in [3.63, 3.8) is 0 Å². The predicted octanol–water partition coefficient (Wildman–Crippen LogP) is 4.08. The Morgan fingerprint density at radius 2 is 2.07 bits per heavy atom. The first kappa shape index (κ1) is 9.69. The highest BCUT2D eigenvalue weighted by Gasteiger charge is 2.06. The molecule has 0 aliphatic rings. The third-order valence-corrected chi connectivity index (χ3v) is 3.30. The quantitative estimate of drug-likeness (QED) is 0.710. The molecular formula is C11H10ClNS. The van der Waals surface area contributed by atoms with E-state index in [9.17, 15) is 0 Å². The second kappa shape index (κ2) is 3.71. The number of halogens is 1. The van der Waals surface area contributed by atoms with Gasteiger partial charge in [-0.15, -0.1) is 11.3 Å². The van der Waals surface area contributed by atoms with E-state index in [4.69, 9.17) is 11.6 Å². The lowest BCUT2D eigenvalue weighted by molar-refractivity contribution is 1.35. The number of aryl methyl sites for hydroxylation is 2. The van der Waals surface area contributed by atoms with Crippen LogP contribution < -0.4 is 0 Å². The molecule has 1 heterocycles. The average Bonchev–Trinajstić information content (AvgIpc) is 2.56. The Kier molecular flexibility index (Phi) is 2.57. The first-order chi connectivity index (χ1) is 6.66. The van der Waals surface area contributed by atoms with Gasteiger partial charge >= 0.3 is 0 Å². The Morgan fingerprint density at radius 3 is 2.71 bits per heavy atom. The lowest BCUT2D eigenvalue weighted by Crippen LogP contribution is -1.83. The predicted molar refractivity (Wildman–Crippen MR) is 62.0 cm³/mol. The number of hydrogen-bond donors (Lipinski definition) is 0. The van der Waals surface area contributed by atoms with Crippen LogP contribution in [0.5, 0.6) is 0 Å². The molecule has 2 aromatic rings. The van der Waals surface area contributed by atoms with E-state index in [1.807, 2.05) is 5.38 Å². The maximum atomic E-state index is 5.80. The van der Waals surface area contributed by atoms with Crippen molar-refractivity contribution < 1.29 is 0 Å². The van der Waals surface area contributed by atoms with Crippen LogP contribution in [0, 0.1) is 13.8 Å². The maximum absolute atomic E-state index is 5.80. The van der Waals surface area contributed by atoms with Crippen molar-refractivity contribution in [1.29, 1.82) is 0 Å². The van der Waals surface area contributed by atoms with E-state index in [0.29, 0.717) is 5.15 Å². The van der Waals surface area contributed by atoms with E-state index in [1.165, 1.54) is 16.7 Å². The number of benzene rings is 1. The number of hydrogen-bond acceptors (Lipinski definition) is 2. The van der Waals surface area contributed by atoms with Crippen LogP contribution in [0.15, 0.2) is 23.6 Å². The Labute approximate surface area is 92.4 Å². The molecule has 0 fully saturated rings. The molecular weight excluding hydrogens is 214 g/mol. The van der Waals surface area contributed by atoms with Crippen molar-refractivity contribution >= 4 is 22.9 Å². The van der Waals surface area contributed by atoms with E-state index in [-0.39, 0.29) is 0 Å². The fraction of sp³-hybridized carbons (Fsp3) is 0.182. The summed E-state index contributed by atoms with van der Waals surface area (Å²) in [6.07, 6.45) is 0. The fourth-order valence-corrected chi connectivity index (χ4v) is 2.37. The summed E-state index contributed by atoms with van der Waals surface area (Å²) in [5.41, 5.74) is 3.67. The van der Waals surface area contributed by atoms with Gasteiger partial charge < -0.3 is 0 Å². The van der Waals surface area contributed by atoms with Gasteiger partial charge in [-0.1, -0.05) is 29.3 Å². The molecule has 0 N–H and O–H groups in total. The number of thiazole rings is 1. The minimum atomic E-state index is 0.575. The van der Waals surface area contributed by atoms with E-state index in [2.05, 4.69) is 37.0 Å². The summed E-state index contributed by atoms with van der Waals surface area (Å²) in [6, 6.07) is 6.36. The third kappa shape index (κ3) is 1.81. The number of rotatable bonds is 1. The van der Waals surface area contributed by atoms with Gasteiger partial charge in [-0.2, -0.15) is 0 Å². The zero-order valence-corrected chi connectivity index (χ0v) is 9.62. The molecule has 2 rings (SSSR count). The van der Waals surface area contributed by atoms with Crippen LogP contribution in [0.1, 0.15) is 11.1 Å². The monoisotopic (exact) mass is 223 g/mol. The molecule has 0 atom stereocenters. The van der Waals surface area contributed by atoms with Gasteiger partial charge in [0.05, 0.1) is 0 Å². The van der Waals surface area contributed by atoms with Gasteiger partial charge in [-0.05, 0) is 25.5 Å². The van der Waals surface area contributed by atoms with Crippen LogP contribution in [0.25, 0.3) is 10.6 Å². The minimum Gasteiger partial charge on any atom is -0.224 e. The topological polar surface area (TPSA) is 12.9 Å². The summed E-state index contributed by atoms with van der Waals surface area (Å²) in [4.78, 5) is 4.27. The van der Waals surface area contributed by atoms with Gasteiger partial charge in [-0.25, -0.2) is 4.98 Å². The summed E-state index contributed by atoms with van der Waals surface area (Å²) >= 11 is 7.38. The molecule has 0 saturated heterocycles. The van der Waals surface area contributed by atoms with Crippen LogP contribution >= 0.6 is 22.9 Å². The molecule has 14 heavy (non-hydrogen) atoms. The van der Waals surface area contributed by atoms with Crippen molar-refractivity contribution in [3.8, 4) is 10.6 Å². The molecule has 1 nitrogen and oxygen atoms in total. The highest BCUT2D eigenvalue weighted by atomic mass is 35.5. The molecule has 0 aliphatic heterocycles. The van der Waals surface area contributed by atoms with Gasteiger partial charge in [0.2, 0.25) is 0 Å². The molecule has 72 valence electrons. The molecule has 0 unspecified atom stereocenters. The van der Waals surface area contributed by atoms with Crippen molar-refractivity contribution in [2.45, 2.75) is 13.8 Å². The normalized spacial score (nSPS) is 10.5. The largest absolute Gasteiger partial charge is 0.224 e. The highest BCUT2D eigenvalue weighted by molar-refractivity contribution is 7.13. The summed E-state index contributed by atoms with van der Waals surface area (Å²) in [5.74, 6) is 0. The Morgan fingerprint density at radius 1 is 1.29 bits per heavy atom. The minimum absolute atomic E-state index is 0.575.